The number of rotatable bonds is 3. The highest BCUT2D eigenvalue weighted by Crippen LogP contribution is 2.31. The molecule has 0 atom stereocenters. The molecule has 0 aliphatic carbocycles. The van der Waals surface area contributed by atoms with Gasteiger partial charge in [0.15, 0.2) is 6.29 Å². The van der Waals surface area contributed by atoms with E-state index in [1.165, 1.54) is 10.1 Å². The molecule has 2 rings (SSSR count). The average molecular weight is 208 g/mol. The van der Waals surface area contributed by atoms with E-state index in [9.17, 15) is 0 Å². The molecular formula is C11H12O2S. The average Bonchev–Trinajstić information content (AvgIpc) is 2.63. The van der Waals surface area contributed by atoms with Gasteiger partial charge in [0.2, 0.25) is 0 Å². The van der Waals surface area contributed by atoms with Gasteiger partial charge in [-0.2, -0.15) is 0 Å². The molecule has 1 heterocycles. The normalized spacial score (nSPS) is 11.4. The fourth-order valence-electron chi connectivity index (χ4n) is 1.45. The maximum absolute atomic E-state index is 5.20. The van der Waals surface area contributed by atoms with Crippen LogP contribution in [0.25, 0.3) is 10.1 Å². The van der Waals surface area contributed by atoms with Gasteiger partial charge in [0.25, 0.3) is 0 Å². The minimum absolute atomic E-state index is 0.243. The van der Waals surface area contributed by atoms with Crippen LogP contribution in [0.1, 0.15) is 11.2 Å². The van der Waals surface area contributed by atoms with Crippen molar-refractivity contribution in [1.29, 1.82) is 0 Å². The third-order valence-electron chi connectivity index (χ3n) is 2.11. The summed E-state index contributed by atoms with van der Waals surface area (Å²) in [6.07, 6.45) is -0.243. The number of benzene rings is 1. The summed E-state index contributed by atoms with van der Waals surface area (Å²) in [7, 11) is 3.30. The van der Waals surface area contributed by atoms with Gasteiger partial charge in [-0.1, -0.05) is 18.2 Å². The number of hydrogen-bond donors (Lipinski definition) is 0. The summed E-state index contributed by atoms with van der Waals surface area (Å²) in [5, 5.41) is 1.24. The second-order valence-corrected chi connectivity index (χ2v) is 4.11. The molecule has 0 aliphatic rings. The van der Waals surface area contributed by atoms with Crippen molar-refractivity contribution in [3.8, 4) is 0 Å². The Hall–Kier alpha value is -0.900. The van der Waals surface area contributed by atoms with Crippen molar-refractivity contribution in [3.05, 3.63) is 35.2 Å². The van der Waals surface area contributed by atoms with Crippen molar-refractivity contribution in [3.63, 3.8) is 0 Å². The van der Waals surface area contributed by atoms with E-state index in [1.54, 1.807) is 25.6 Å². The zero-order chi connectivity index (χ0) is 9.97. The number of hydrogen-bond acceptors (Lipinski definition) is 3. The monoisotopic (exact) mass is 208 g/mol. The molecule has 3 heteroatoms. The van der Waals surface area contributed by atoms with Crippen molar-refractivity contribution >= 4 is 21.4 Å². The molecule has 0 aliphatic heterocycles. The number of thiophene rings is 1. The molecule has 0 saturated carbocycles. The van der Waals surface area contributed by atoms with E-state index in [4.69, 9.17) is 9.47 Å². The van der Waals surface area contributed by atoms with E-state index in [1.807, 2.05) is 12.1 Å². The van der Waals surface area contributed by atoms with Crippen molar-refractivity contribution in [2.24, 2.45) is 0 Å². The summed E-state index contributed by atoms with van der Waals surface area (Å²) < 4.78 is 11.7. The molecule has 0 fully saturated rings. The Morgan fingerprint density at radius 3 is 2.50 bits per heavy atom. The number of ether oxygens (including phenoxy) is 2. The van der Waals surface area contributed by atoms with Crippen molar-refractivity contribution in [2.75, 3.05) is 14.2 Å². The summed E-state index contributed by atoms with van der Waals surface area (Å²) in [4.78, 5) is 1.11. The lowest BCUT2D eigenvalue weighted by molar-refractivity contribution is -0.103. The Kier molecular flexibility index (Phi) is 2.82. The third kappa shape index (κ3) is 1.66. The van der Waals surface area contributed by atoms with Gasteiger partial charge in [0.05, 0.1) is 4.88 Å². The first-order valence-electron chi connectivity index (χ1n) is 4.39. The minimum Gasteiger partial charge on any atom is -0.351 e. The lowest BCUT2D eigenvalue weighted by atomic mass is 10.2. The van der Waals surface area contributed by atoms with Crippen LogP contribution in [0.4, 0.5) is 0 Å². The van der Waals surface area contributed by atoms with Crippen LogP contribution >= 0.6 is 11.3 Å². The van der Waals surface area contributed by atoms with E-state index in [0.717, 1.165) is 4.88 Å². The van der Waals surface area contributed by atoms with Gasteiger partial charge in [-0.3, -0.25) is 0 Å². The second kappa shape index (κ2) is 4.09. The molecule has 0 N–H and O–H groups in total. The predicted octanol–water partition coefficient (Wildman–Crippen LogP) is 3.19. The summed E-state index contributed by atoms with van der Waals surface area (Å²) in [5.74, 6) is 0. The van der Waals surface area contributed by atoms with Gasteiger partial charge < -0.3 is 9.47 Å². The Morgan fingerprint density at radius 2 is 1.86 bits per heavy atom. The summed E-state index contributed by atoms with van der Waals surface area (Å²) >= 11 is 1.70. The van der Waals surface area contributed by atoms with E-state index in [-0.39, 0.29) is 6.29 Å². The van der Waals surface area contributed by atoms with Gasteiger partial charge in [-0.15, -0.1) is 11.3 Å². The first-order chi connectivity index (χ1) is 6.85. The maximum Gasteiger partial charge on any atom is 0.192 e. The van der Waals surface area contributed by atoms with Crippen molar-refractivity contribution in [2.45, 2.75) is 6.29 Å². The van der Waals surface area contributed by atoms with E-state index in [0.29, 0.717) is 0 Å². The maximum atomic E-state index is 5.20. The topological polar surface area (TPSA) is 18.5 Å². The molecule has 0 bridgehead atoms. The van der Waals surface area contributed by atoms with Crippen LogP contribution in [0.5, 0.6) is 0 Å². The molecule has 1 aromatic carbocycles. The number of methoxy groups -OCH3 is 2. The SMILES string of the molecule is COC(OC)c1cc2ccccc2s1. The van der Waals surface area contributed by atoms with Crippen molar-refractivity contribution in [1.82, 2.24) is 0 Å². The molecule has 0 amide bonds. The van der Waals surface area contributed by atoms with E-state index >= 15 is 0 Å². The van der Waals surface area contributed by atoms with Crippen LogP contribution in [-0.4, -0.2) is 14.2 Å². The lowest BCUT2D eigenvalue weighted by Gasteiger charge is -2.09. The molecule has 74 valence electrons. The van der Waals surface area contributed by atoms with Crippen LogP contribution in [0.15, 0.2) is 30.3 Å². The quantitative estimate of drug-likeness (QED) is 0.721. The molecule has 0 radical (unpaired) electrons. The molecule has 14 heavy (non-hydrogen) atoms. The van der Waals surface area contributed by atoms with Crippen molar-refractivity contribution < 1.29 is 9.47 Å². The fourth-order valence-corrected chi connectivity index (χ4v) is 2.57. The predicted molar refractivity (Wildman–Crippen MR) is 58.6 cm³/mol. The van der Waals surface area contributed by atoms with Crippen LogP contribution < -0.4 is 0 Å². The Bertz CT molecular complexity index is 385. The number of fused-ring (bicyclic) bond motifs is 1. The summed E-state index contributed by atoms with van der Waals surface area (Å²) in [6, 6.07) is 10.4. The molecule has 2 aromatic rings. The summed E-state index contributed by atoms with van der Waals surface area (Å²) in [6.45, 7) is 0. The Morgan fingerprint density at radius 1 is 1.14 bits per heavy atom. The highest BCUT2D eigenvalue weighted by Gasteiger charge is 2.11. The lowest BCUT2D eigenvalue weighted by Crippen LogP contribution is -2.00. The third-order valence-corrected chi connectivity index (χ3v) is 3.24. The largest absolute Gasteiger partial charge is 0.351 e. The molecular weight excluding hydrogens is 196 g/mol. The van der Waals surface area contributed by atoms with Gasteiger partial charge in [0.1, 0.15) is 0 Å². The molecule has 0 spiro atoms. The zero-order valence-corrected chi connectivity index (χ0v) is 9.01. The smallest absolute Gasteiger partial charge is 0.192 e. The van der Waals surface area contributed by atoms with Gasteiger partial charge in [-0.05, 0) is 17.5 Å². The fraction of sp³-hybridized carbons (Fsp3) is 0.273. The van der Waals surface area contributed by atoms with Crippen LogP contribution in [-0.2, 0) is 9.47 Å². The highest BCUT2D eigenvalue weighted by molar-refractivity contribution is 7.19. The van der Waals surface area contributed by atoms with E-state index < -0.39 is 0 Å². The van der Waals surface area contributed by atoms with Gasteiger partial charge in [0, 0.05) is 18.9 Å². The Balaban J connectivity index is 2.43. The first kappa shape index (κ1) is 9.65. The van der Waals surface area contributed by atoms with Crippen LogP contribution in [0, 0.1) is 0 Å². The Labute approximate surface area is 87.1 Å². The molecule has 2 nitrogen and oxygen atoms in total. The molecule has 0 saturated heterocycles. The zero-order valence-electron chi connectivity index (χ0n) is 8.19. The van der Waals surface area contributed by atoms with E-state index in [2.05, 4.69) is 18.2 Å². The standard InChI is InChI=1S/C11H12O2S/c1-12-11(13-2)10-7-8-5-3-4-6-9(8)14-10/h3-7,11H,1-2H3. The minimum atomic E-state index is -0.243. The molecule has 1 aromatic heterocycles. The van der Waals surface area contributed by atoms with Crippen LogP contribution in [0.2, 0.25) is 0 Å². The second-order valence-electron chi connectivity index (χ2n) is 2.99. The summed E-state index contributed by atoms with van der Waals surface area (Å²) in [5.41, 5.74) is 0. The first-order valence-corrected chi connectivity index (χ1v) is 5.21. The van der Waals surface area contributed by atoms with Gasteiger partial charge in [-0.25, -0.2) is 0 Å². The molecule has 0 unspecified atom stereocenters. The van der Waals surface area contributed by atoms with Crippen LogP contribution in [0.3, 0.4) is 0 Å². The van der Waals surface area contributed by atoms with Gasteiger partial charge >= 0.3 is 0 Å². The highest BCUT2D eigenvalue weighted by atomic mass is 32.1.